The number of anilines is 1. The lowest BCUT2D eigenvalue weighted by Gasteiger charge is -2.59. The van der Waals surface area contributed by atoms with Gasteiger partial charge in [-0.1, -0.05) is 37.6 Å². The monoisotopic (exact) mass is 605 g/mol. The first-order valence-corrected chi connectivity index (χ1v) is 16.1. The molecule has 228 valence electrons. The lowest BCUT2D eigenvalue weighted by atomic mass is 9.46. The number of benzene rings is 1. The maximum atomic E-state index is 13.8. The van der Waals surface area contributed by atoms with Crippen LogP contribution >= 0.6 is 11.3 Å². The number of hydrogen-bond acceptors (Lipinski definition) is 9. The van der Waals surface area contributed by atoms with E-state index in [2.05, 4.69) is 6.92 Å². The molecule has 2 aromatic rings. The maximum Gasteiger partial charge on any atom is 0.193 e. The third kappa shape index (κ3) is 4.12. The number of nitrogen functional groups attached to an aromatic ring is 1. The van der Waals surface area contributed by atoms with Gasteiger partial charge in [-0.2, -0.15) is 0 Å². The minimum absolute atomic E-state index is 0.00267. The zero-order valence-corrected chi connectivity index (χ0v) is 25.3. The third-order valence-corrected chi connectivity index (χ3v) is 12.5. The van der Waals surface area contributed by atoms with Crippen LogP contribution in [0.5, 0.6) is 0 Å². The van der Waals surface area contributed by atoms with E-state index in [4.69, 9.17) is 15.2 Å². The van der Waals surface area contributed by atoms with E-state index in [9.17, 15) is 24.9 Å². The minimum atomic E-state index is -1.37. The van der Waals surface area contributed by atoms with Crippen LogP contribution in [0.3, 0.4) is 0 Å². The number of carbonyl (C=O) groups excluding carboxylic acids is 2. The molecule has 4 fully saturated rings. The molecule has 1 aromatic carbocycles. The fourth-order valence-corrected chi connectivity index (χ4v) is 10.5. The number of rotatable bonds is 6. The average Bonchev–Trinajstić information content (AvgIpc) is 3.65. The fourth-order valence-electron chi connectivity index (χ4n) is 9.55. The molecule has 8 nitrogen and oxygen atoms in total. The van der Waals surface area contributed by atoms with Crippen molar-refractivity contribution < 1.29 is 34.4 Å². The lowest BCUT2D eigenvalue weighted by molar-refractivity contribution is -0.201. The van der Waals surface area contributed by atoms with Gasteiger partial charge in [0.25, 0.3) is 0 Å². The van der Waals surface area contributed by atoms with Gasteiger partial charge in [-0.3, -0.25) is 9.59 Å². The summed E-state index contributed by atoms with van der Waals surface area (Å²) in [5.41, 5.74) is 7.75. The number of thiophene rings is 1. The number of allylic oxidation sites excluding steroid dienone is 4. The second-order valence-electron chi connectivity index (χ2n) is 13.6. The maximum absolute atomic E-state index is 13.8. The van der Waals surface area contributed by atoms with Crippen LogP contribution in [0.2, 0.25) is 0 Å². The minimum Gasteiger partial charge on any atom is -0.398 e. The summed E-state index contributed by atoms with van der Waals surface area (Å²) in [5.74, 6) is -0.304. The summed E-state index contributed by atoms with van der Waals surface area (Å²) >= 11 is 1.58. The van der Waals surface area contributed by atoms with Crippen molar-refractivity contribution in [2.45, 2.75) is 76.7 Å². The molecule has 3 saturated carbocycles. The van der Waals surface area contributed by atoms with Gasteiger partial charge in [0.1, 0.15) is 6.61 Å². The van der Waals surface area contributed by atoms with Gasteiger partial charge < -0.3 is 30.5 Å². The molecule has 43 heavy (non-hydrogen) atoms. The Balaban J connectivity index is 1.17. The summed E-state index contributed by atoms with van der Waals surface area (Å²) in [6.07, 6.45) is 6.54. The van der Waals surface area contributed by atoms with Crippen molar-refractivity contribution in [1.29, 1.82) is 0 Å². The average molecular weight is 606 g/mol. The third-order valence-electron chi connectivity index (χ3n) is 11.5. The first-order valence-electron chi connectivity index (χ1n) is 15.2. The van der Waals surface area contributed by atoms with Crippen molar-refractivity contribution in [3.63, 3.8) is 0 Å². The second kappa shape index (κ2) is 10.2. The van der Waals surface area contributed by atoms with Gasteiger partial charge in [0.15, 0.2) is 23.5 Å². The fraction of sp³-hybridized carbons (Fsp3) is 0.529. The largest absolute Gasteiger partial charge is 0.398 e. The van der Waals surface area contributed by atoms with Gasteiger partial charge in [-0.05, 0) is 72.7 Å². The number of ketones is 2. The number of hydrogen-bond donors (Lipinski definition) is 4. The van der Waals surface area contributed by atoms with Gasteiger partial charge in [0.2, 0.25) is 0 Å². The smallest absolute Gasteiger partial charge is 0.193 e. The Morgan fingerprint density at radius 2 is 2.02 bits per heavy atom. The van der Waals surface area contributed by atoms with Crippen molar-refractivity contribution in [1.82, 2.24) is 0 Å². The molecule has 1 saturated heterocycles. The van der Waals surface area contributed by atoms with Gasteiger partial charge in [-0.15, -0.1) is 11.3 Å². The summed E-state index contributed by atoms with van der Waals surface area (Å²) in [4.78, 5) is 27.0. The molecule has 0 bridgehead atoms. The van der Waals surface area contributed by atoms with Gasteiger partial charge in [-0.25, -0.2) is 0 Å². The normalized spacial score (nSPS) is 39.6. The number of ether oxygens (including phenoxy) is 2. The number of nitrogens with two attached hydrogens (primary N) is 1. The molecule has 1 aromatic heterocycles. The van der Waals surface area contributed by atoms with Crippen LogP contribution in [0.25, 0.3) is 0 Å². The Morgan fingerprint density at radius 1 is 1.21 bits per heavy atom. The van der Waals surface area contributed by atoms with E-state index in [0.717, 1.165) is 34.4 Å². The van der Waals surface area contributed by atoms with Crippen LogP contribution < -0.4 is 5.73 Å². The summed E-state index contributed by atoms with van der Waals surface area (Å²) in [7, 11) is 0. The van der Waals surface area contributed by atoms with Crippen LogP contribution in [0.1, 0.15) is 67.4 Å². The predicted molar refractivity (Wildman–Crippen MR) is 161 cm³/mol. The lowest BCUT2D eigenvalue weighted by Crippen LogP contribution is -2.63. The molecule has 5 aliphatic rings. The van der Waals surface area contributed by atoms with Crippen molar-refractivity contribution in [2.75, 3.05) is 12.3 Å². The zero-order chi connectivity index (χ0) is 30.3. The summed E-state index contributed by atoms with van der Waals surface area (Å²) in [6, 6.07) is 7.70. The van der Waals surface area contributed by atoms with Crippen molar-refractivity contribution >= 4 is 28.6 Å². The Bertz CT molecular complexity index is 1550. The van der Waals surface area contributed by atoms with E-state index >= 15 is 0 Å². The first kappa shape index (κ1) is 29.1. The molecule has 1 aliphatic heterocycles. The Hall–Kier alpha value is -2.66. The van der Waals surface area contributed by atoms with Crippen LogP contribution in [-0.2, 0) is 32.1 Å². The first-order chi connectivity index (χ1) is 20.5. The molecule has 7 rings (SSSR count). The topological polar surface area (TPSA) is 139 Å². The van der Waals surface area contributed by atoms with Gasteiger partial charge >= 0.3 is 0 Å². The Morgan fingerprint density at radius 3 is 2.77 bits per heavy atom. The summed E-state index contributed by atoms with van der Waals surface area (Å²) in [6.45, 7) is 3.41. The molecule has 2 heterocycles. The highest BCUT2D eigenvalue weighted by Crippen LogP contribution is 2.70. The van der Waals surface area contributed by atoms with E-state index in [-0.39, 0.29) is 30.1 Å². The molecule has 5 N–H and O–H groups in total. The number of Topliss-reactive ketones (excluding diaryl/α,β-unsaturated/α-hetero) is 1. The van der Waals surface area contributed by atoms with Crippen molar-refractivity contribution in [3.8, 4) is 0 Å². The molecule has 9 heteroatoms. The van der Waals surface area contributed by atoms with E-state index < -0.39 is 47.3 Å². The SMILES string of the molecule is C[C@]12C=CC(=O)C=C1CC[C@@H]1[C@@H]2[C@@H](O)C[C@@]2(C)[C@H]1C[C@H]1O[C@@H](c3csc(Cc4ccc(CO)c(N)c4)c3)O[C@]12C(=O)CO. The predicted octanol–water partition coefficient (Wildman–Crippen LogP) is 4.02. The molecular formula is C34H39NO7S. The quantitative estimate of drug-likeness (QED) is 0.362. The number of fused-ring (bicyclic) bond motifs is 7. The molecule has 4 aliphatic carbocycles. The van der Waals surface area contributed by atoms with Crippen LogP contribution in [-0.4, -0.2) is 51.3 Å². The number of aliphatic hydroxyl groups is 3. The highest BCUT2D eigenvalue weighted by Gasteiger charge is 2.75. The summed E-state index contributed by atoms with van der Waals surface area (Å²) in [5, 5.41) is 33.5. The number of carbonyl (C=O) groups is 2. The molecule has 9 atom stereocenters. The van der Waals surface area contributed by atoms with E-state index in [1.807, 2.05) is 42.6 Å². The van der Waals surface area contributed by atoms with Gasteiger partial charge in [0.05, 0.1) is 18.8 Å². The molecule has 0 unspecified atom stereocenters. The summed E-state index contributed by atoms with van der Waals surface area (Å²) < 4.78 is 13.3. The molecule has 0 radical (unpaired) electrons. The molecule has 0 amide bonds. The zero-order valence-electron chi connectivity index (χ0n) is 24.5. The molecular weight excluding hydrogens is 566 g/mol. The Labute approximate surface area is 255 Å². The van der Waals surface area contributed by atoms with Crippen molar-refractivity contribution in [2.24, 2.45) is 28.6 Å². The molecule has 0 spiro atoms. The standard InChI is InChI=1S/C34H39NO7S/c1-32-8-7-22(38)12-21(32)5-6-24-25-13-29-34(28(40)16-37,33(25,2)14-27(39)30(24)32)42-31(41-29)20-11-23(43-17-20)9-18-3-4-19(15-36)26(35)10-18/h3-4,7-8,10-12,17,24-25,27,29-31,36-37,39H,5-6,9,13-16,35H2,1-2H3/t24-,25-,27-,29+,30+,31+,32-,33-,34+/m0/s1. The van der Waals surface area contributed by atoms with Gasteiger partial charge in [0, 0.05) is 44.9 Å². The highest BCUT2D eigenvalue weighted by molar-refractivity contribution is 7.10. The highest BCUT2D eigenvalue weighted by atomic mass is 32.1. The van der Waals surface area contributed by atoms with E-state index in [1.165, 1.54) is 0 Å². The second-order valence-corrected chi connectivity index (χ2v) is 14.5. The number of aliphatic hydroxyl groups excluding tert-OH is 3. The van der Waals surface area contributed by atoms with Crippen LogP contribution in [0.4, 0.5) is 5.69 Å². The Kier molecular flexibility index (Phi) is 6.89. The van der Waals surface area contributed by atoms with Crippen molar-refractivity contribution in [3.05, 3.63) is 75.0 Å². The van der Waals surface area contributed by atoms with Crippen LogP contribution in [0, 0.1) is 28.6 Å². The van der Waals surface area contributed by atoms with Crippen LogP contribution in [0.15, 0.2) is 53.4 Å². The van der Waals surface area contributed by atoms with E-state index in [1.54, 1.807) is 23.5 Å². The van der Waals surface area contributed by atoms with E-state index in [0.29, 0.717) is 30.5 Å².